The van der Waals surface area contributed by atoms with Gasteiger partial charge in [-0.2, -0.15) is 21.6 Å². The lowest BCUT2D eigenvalue weighted by Gasteiger charge is -2.13. The standard InChI is InChI=1S/C13H10F3NO5S/c14-13(15,16)23(20,21)22-11-5-9-7(3-8(11)6-1-2-6)4-10(17-9)12(18)19/h3-6,17H,1-2H2,(H,18,19)/p-1. The molecule has 0 amide bonds. The molecule has 1 fully saturated rings. The second kappa shape index (κ2) is 4.88. The highest BCUT2D eigenvalue weighted by Gasteiger charge is 2.49. The number of hydrogen-bond donors (Lipinski definition) is 1. The lowest BCUT2D eigenvalue weighted by Crippen LogP contribution is -2.28. The molecule has 6 nitrogen and oxygen atoms in total. The molecule has 0 aliphatic heterocycles. The first kappa shape index (κ1) is 15.7. The van der Waals surface area contributed by atoms with E-state index in [9.17, 15) is 31.5 Å². The number of rotatable bonds is 4. The number of carboxylic acids is 1. The van der Waals surface area contributed by atoms with Crippen molar-refractivity contribution in [3.63, 3.8) is 0 Å². The van der Waals surface area contributed by atoms with Crippen LogP contribution in [0.25, 0.3) is 10.9 Å². The number of nitrogens with one attached hydrogen (secondary N) is 1. The van der Waals surface area contributed by atoms with E-state index < -0.39 is 27.3 Å². The van der Waals surface area contributed by atoms with E-state index in [1.165, 1.54) is 12.1 Å². The van der Waals surface area contributed by atoms with Crippen molar-refractivity contribution in [3.05, 3.63) is 29.5 Å². The van der Waals surface area contributed by atoms with Crippen LogP contribution in [-0.2, 0) is 10.1 Å². The van der Waals surface area contributed by atoms with Crippen LogP contribution in [0.15, 0.2) is 18.2 Å². The number of hydrogen-bond acceptors (Lipinski definition) is 5. The zero-order valence-electron chi connectivity index (χ0n) is 11.3. The van der Waals surface area contributed by atoms with Gasteiger partial charge >= 0.3 is 15.6 Å². The predicted octanol–water partition coefficient (Wildman–Crippen LogP) is 1.64. The summed E-state index contributed by atoms with van der Waals surface area (Å²) >= 11 is 0. The Morgan fingerprint density at radius 2 is 1.91 bits per heavy atom. The van der Waals surface area contributed by atoms with Gasteiger partial charge in [-0.25, -0.2) is 0 Å². The summed E-state index contributed by atoms with van der Waals surface area (Å²) in [5.74, 6) is -2.05. The molecule has 2 aromatic rings. The van der Waals surface area contributed by atoms with E-state index in [1.54, 1.807) is 0 Å². The first-order valence-corrected chi connectivity index (χ1v) is 7.88. The number of benzene rings is 1. The highest BCUT2D eigenvalue weighted by molar-refractivity contribution is 7.88. The third-order valence-electron chi connectivity index (χ3n) is 3.47. The Bertz CT molecular complexity index is 896. The molecule has 23 heavy (non-hydrogen) atoms. The summed E-state index contributed by atoms with van der Waals surface area (Å²) in [6, 6.07) is 3.74. The van der Waals surface area contributed by atoms with Crippen molar-refractivity contribution in [2.45, 2.75) is 24.3 Å². The molecule has 0 bridgehead atoms. The molecule has 0 atom stereocenters. The Morgan fingerprint density at radius 3 is 2.43 bits per heavy atom. The number of aromatic carboxylic acids is 1. The SMILES string of the molecule is O=C([O-])c1cc2cc(C3CC3)c(OS(=O)(=O)C(F)(F)F)cc2[nH]1. The molecule has 10 heteroatoms. The minimum absolute atomic E-state index is 0.112. The molecule has 0 spiro atoms. The molecule has 124 valence electrons. The van der Waals surface area contributed by atoms with Crippen molar-refractivity contribution < 1.29 is 35.7 Å². The highest BCUT2D eigenvalue weighted by atomic mass is 32.2. The van der Waals surface area contributed by atoms with Gasteiger partial charge in [0, 0.05) is 17.0 Å². The van der Waals surface area contributed by atoms with Crippen molar-refractivity contribution in [1.82, 2.24) is 4.98 Å². The van der Waals surface area contributed by atoms with Gasteiger partial charge in [0.25, 0.3) is 0 Å². The van der Waals surface area contributed by atoms with E-state index in [2.05, 4.69) is 9.17 Å². The first-order chi connectivity index (χ1) is 10.6. The minimum atomic E-state index is -5.80. The van der Waals surface area contributed by atoms with Gasteiger partial charge in [-0.15, -0.1) is 0 Å². The molecule has 1 heterocycles. The number of carbonyl (C=O) groups is 1. The average molecular weight is 348 g/mol. The van der Waals surface area contributed by atoms with Gasteiger partial charge in [0.2, 0.25) is 0 Å². The fourth-order valence-electron chi connectivity index (χ4n) is 2.24. The Labute approximate surface area is 128 Å². The zero-order valence-corrected chi connectivity index (χ0v) is 12.1. The fourth-order valence-corrected chi connectivity index (χ4v) is 2.71. The van der Waals surface area contributed by atoms with Crippen LogP contribution in [0.4, 0.5) is 13.2 Å². The Balaban J connectivity index is 2.11. The summed E-state index contributed by atoms with van der Waals surface area (Å²) in [5.41, 5.74) is -5.37. The number of carboxylic acid groups (broad SMARTS) is 1. The fraction of sp³-hybridized carbons (Fsp3) is 0.308. The van der Waals surface area contributed by atoms with E-state index in [0.29, 0.717) is 23.8 Å². The summed E-state index contributed by atoms with van der Waals surface area (Å²) in [5, 5.41) is 11.2. The number of alkyl halides is 3. The number of carbonyl (C=O) groups excluding carboxylic acids is 1. The predicted molar refractivity (Wildman–Crippen MR) is 70.2 cm³/mol. The van der Waals surface area contributed by atoms with Crippen molar-refractivity contribution >= 4 is 27.0 Å². The third-order valence-corrected chi connectivity index (χ3v) is 4.44. The number of aromatic amines is 1. The van der Waals surface area contributed by atoms with Crippen molar-refractivity contribution in [1.29, 1.82) is 0 Å². The maximum atomic E-state index is 12.5. The van der Waals surface area contributed by atoms with E-state index in [0.717, 1.165) is 6.07 Å². The number of aromatic nitrogens is 1. The molecule has 0 radical (unpaired) electrons. The second-order valence-electron chi connectivity index (χ2n) is 5.21. The Morgan fingerprint density at radius 1 is 1.26 bits per heavy atom. The van der Waals surface area contributed by atoms with Gasteiger partial charge in [0.1, 0.15) is 5.75 Å². The van der Waals surface area contributed by atoms with Crippen molar-refractivity contribution in [2.75, 3.05) is 0 Å². The van der Waals surface area contributed by atoms with E-state index in [1.807, 2.05) is 0 Å². The summed E-state index contributed by atoms with van der Waals surface area (Å²) in [7, 11) is -5.80. The van der Waals surface area contributed by atoms with Crippen LogP contribution in [0.2, 0.25) is 0 Å². The van der Waals surface area contributed by atoms with Crippen LogP contribution < -0.4 is 9.29 Å². The Kier molecular flexibility index (Phi) is 3.32. The lowest BCUT2D eigenvalue weighted by molar-refractivity contribution is -0.255. The second-order valence-corrected chi connectivity index (χ2v) is 6.74. The molecule has 1 aliphatic rings. The molecule has 0 saturated heterocycles. The van der Waals surface area contributed by atoms with Gasteiger partial charge in [-0.05, 0) is 36.5 Å². The molecule has 1 saturated carbocycles. The van der Waals surface area contributed by atoms with Crippen LogP contribution in [0.3, 0.4) is 0 Å². The molecule has 1 N–H and O–H groups in total. The smallest absolute Gasteiger partial charge is 0.534 e. The number of halogens is 3. The summed E-state index contributed by atoms with van der Waals surface area (Å²) < 4.78 is 64.1. The van der Waals surface area contributed by atoms with Gasteiger partial charge in [-0.1, -0.05) is 0 Å². The molecule has 3 rings (SSSR count). The normalized spacial score (nSPS) is 15.8. The van der Waals surface area contributed by atoms with E-state index in [-0.39, 0.29) is 17.1 Å². The maximum Gasteiger partial charge on any atom is 0.534 e. The number of fused-ring (bicyclic) bond motifs is 1. The van der Waals surface area contributed by atoms with Crippen LogP contribution in [0.5, 0.6) is 5.75 Å². The molecule has 0 unspecified atom stereocenters. The molecular formula is C13H9F3NO5S-. The third kappa shape index (κ3) is 2.85. The van der Waals surface area contributed by atoms with Crippen LogP contribution in [-0.4, -0.2) is 24.9 Å². The van der Waals surface area contributed by atoms with E-state index >= 15 is 0 Å². The average Bonchev–Trinajstić information content (AvgIpc) is 3.16. The van der Waals surface area contributed by atoms with E-state index in [4.69, 9.17) is 0 Å². The Hall–Kier alpha value is -2.23. The molecule has 1 aliphatic carbocycles. The largest absolute Gasteiger partial charge is 0.543 e. The molecule has 1 aromatic carbocycles. The lowest BCUT2D eigenvalue weighted by atomic mass is 10.1. The van der Waals surface area contributed by atoms with Crippen LogP contribution in [0, 0.1) is 0 Å². The molecular weight excluding hydrogens is 339 g/mol. The highest BCUT2D eigenvalue weighted by Crippen LogP contribution is 2.46. The summed E-state index contributed by atoms with van der Waals surface area (Å²) in [4.78, 5) is 13.3. The van der Waals surface area contributed by atoms with Gasteiger partial charge in [0.05, 0.1) is 11.7 Å². The topological polar surface area (TPSA) is 99.3 Å². The number of H-pyrrole nitrogens is 1. The van der Waals surface area contributed by atoms with Crippen molar-refractivity contribution in [2.24, 2.45) is 0 Å². The summed E-state index contributed by atoms with van der Waals surface area (Å²) in [6.45, 7) is 0. The van der Waals surface area contributed by atoms with Crippen LogP contribution in [0.1, 0.15) is 34.8 Å². The van der Waals surface area contributed by atoms with Crippen molar-refractivity contribution in [3.8, 4) is 5.75 Å². The monoisotopic (exact) mass is 348 g/mol. The zero-order chi connectivity index (χ0) is 17.0. The summed E-state index contributed by atoms with van der Waals surface area (Å²) in [6.07, 6.45) is 1.37. The van der Waals surface area contributed by atoms with Gasteiger partial charge < -0.3 is 19.1 Å². The van der Waals surface area contributed by atoms with Gasteiger partial charge in [0.15, 0.2) is 0 Å². The maximum absolute atomic E-state index is 12.5. The quantitative estimate of drug-likeness (QED) is 0.669. The minimum Gasteiger partial charge on any atom is -0.543 e. The molecule has 1 aromatic heterocycles. The van der Waals surface area contributed by atoms with Gasteiger partial charge in [-0.3, -0.25) is 0 Å². The van der Waals surface area contributed by atoms with Crippen LogP contribution >= 0.6 is 0 Å². The first-order valence-electron chi connectivity index (χ1n) is 6.47.